The van der Waals surface area contributed by atoms with Crippen LogP contribution in [0.25, 0.3) is 0 Å². The highest BCUT2D eigenvalue weighted by Crippen LogP contribution is 2.45. The van der Waals surface area contributed by atoms with Crippen LogP contribution in [0, 0.1) is 23.8 Å². The molecular formula is C17H26O3Si. The van der Waals surface area contributed by atoms with Crippen LogP contribution in [-0.4, -0.2) is 38.3 Å². The summed E-state index contributed by atoms with van der Waals surface area (Å²) in [6.45, 7) is 15.5. The minimum atomic E-state index is -1.65. The van der Waals surface area contributed by atoms with E-state index in [9.17, 15) is 0 Å². The monoisotopic (exact) mass is 306 g/mol. The first-order valence-electron chi connectivity index (χ1n) is 7.44. The second kappa shape index (κ2) is 4.86. The van der Waals surface area contributed by atoms with Gasteiger partial charge in [-0.25, -0.2) is 0 Å². The zero-order valence-electron chi connectivity index (χ0n) is 14.2. The van der Waals surface area contributed by atoms with Gasteiger partial charge in [-0.15, -0.1) is 12.0 Å². The lowest BCUT2D eigenvalue weighted by atomic mass is 10.00. The SMILES string of the molecule is C#C[C@]1([C@H]2COC(C)(C)O2)O[C@@H]1C#C[Si](C)(C)C(C)(C)C. The van der Waals surface area contributed by atoms with Gasteiger partial charge in [-0.1, -0.05) is 45.7 Å². The molecule has 2 heterocycles. The molecule has 116 valence electrons. The number of epoxide rings is 1. The van der Waals surface area contributed by atoms with E-state index in [1.54, 1.807) is 0 Å². The van der Waals surface area contributed by atoms with Crippen LogP contribution in [0.15, 0.2) is 0 Å². The number of rotatable bonds is 1. The summed E-state index contributed by atoms with van der Waals surface area (Å²) in [6, 6.07) is 0. The Bertz CT molecular complexity index is 527. The van der Waals surface area contributed by atoms with Crippen molar-refractivity contribution in [3.8, 4) is 23.8 Å². The highest BCUT2D eigenvalue weighted by Gasteiger charge is 2.64. The van der Waals surface area contributed by atoms with Crippen molar-refractivity contribution in [2.24, 2.45) is 0 Å². The van der Waals surface area contributed by atoms with Crippen LogP contribution in [0.5, 0.6) is 0 Å². The molecule has 0 N–H and O–H groups in total. The smallest absolute Gasteiger partial charge is 0.195 e. The maximum absolute atomic E-state index is 5.85. The minimum Gasteiger partial charge on any atom is -0.348 e. The largest absolute Gasteiger partial charge is 0.348 e. The zero-order chi connectivity index (χ0) is 16.1. The summed E-state index contributed by atoms with van der Waals surface area (Å²) in [7, 11) is -1.65. The van der Waals surface area contributed by atoms with Crippen LogP contribution in [0.3, 0.4) is 0 Å². The third kappa shape index (κ3) is 3.05. The van der Waals surface area contributed by atoms with E-state index in [0.29, 0.717) is 6.61 Å². The Labute approximate surface area is 129 Å². The molecule has 2 aliphatic heterocycles. The van der Waals surface area contributed by atoms with E-state index in [4.69, 9.17) is 20.6 Å². The van der Waals surface area contributed by atoms with Crippen LogP contribution in [0.1, 0.15) is 34.6 Å². The summed E-state index contributed by atoms with van der Waals surface area (Å²) in [5.74, 6) is 5.40. The quantitative estimate of drug-likeness (QED) is 0.424. The fraction of sp³-hybridized carbons (Fsp3) is 0.765. The summed E-state index contributed by atoms with van der Waals surface area (Å²) < 4.78 is 17.2. The van der Waals surface area contributed by atoms with Crippen molar-refractivity contribution < 1.29 is 14.2 Å². The van der Waals surface area contributed by atoms with E-state index in [-0.39, 0.29) is 17.2 Å². The molecule has 2 rings (SSSR count). The molecule has 0 unspecified atom stereocenters. The maximum atomic E-state index is 5.85. The van der Waals surface area contributed by atoms with Crippen LogP contribution < -0.4 is 0 Å². The maximum Gasteiger partial charge on any atom is 0.195 e. The molecule has 3 atom stereocenters. The van der Waals surface area contributed by atoms with E-state index in [2.05, 4.69) is 51.2 Å². The molecule has 0 aromatic carbocycles. The van der Waals surface area contributed by atoms with Gasteiger partial charge in [0.2, 0.25) is 0 Å². The van der Waals surface area contributed by atoms with E-state index in [1.807, 2.05) is 13.8 Å². The first kappa shape index (κ1) is 16.6. The van der Waals surface area contributed by atoms with Crippen LogP contribution in [0.2, 0.25) is 18.1 Å². The van der Waals surface area contributed by atoms with Crippen molar-refractivity contribution in [2.75, 3.05) is 6.61 Å². The molecule has 2 aliphatic rings. The highest BCUT2D eigenvalue weighted by molar-refractivity contribution is 6.87. The molecule has 2 saturated heterocycles. The van der Waals surface area contributed by atoms with E-state index >= 15 is 0 Å². The zero-order valence-corrected chi connectivity index (χ0v) is 15.2. The molecule has 0 saturated carbocycles. The molecule has 0 bridgehead atoms. The van der Waals surface area contributed by atoms with E-state index in [1.165, 1.54) is 0 Å². The highest BCUT2D eigenvalue weighted by atomic mass is 28.3. The Morgan fingerprint density at radius 1 is 1.19 bits per heavy atom. The number of hydrogen-bond acceptors (Lipinski definition) is 3. The summed E-state index contributed by atoms with van der Waals surface area (Å²) in [5.41, 5.74) is 2.73. The van der Waals surface area contributed by atoms with Gasteiger partial charge in [-0.3, -0.25) is 0 Å². The Morgan fingerprint density at radius 2 is 1.81 bits per heavy atom. The molecule has 0 radical (unpaired) electrons. The van der Waals surface area contributed by atoms with Crippen LogP contribution >= 0.6 is 0 Å². The predicted molar refractivity (Wildman–Crippen MR) is 86.3 cm³/mol. The second-order valence-corrected chi connectivity index (χ2v) is 12.9. The normalized spacial score (nSPS) is 34.8. The molecule has 0 aliphatic carbocycles. The van der Waals surface area contributed by atoms with Crippen molar-refractivity contribution in [1.82, 2.24) is 0 Å². The van der Waals surface area contributed by atoms with Crippen molar-refractivity contribution >= 4 is 8.07 Å². The average molecular weight is 306 g/mol. The summed E-state index contributed by atoms with van der Waals surface area (Å²) >= 11 is 0. The van der Waals surface area contributed by atoms with Crippen molar-refractivity contribution in [1.29, 1.82) is 0 Å². The first-order chi connectivity index (χ1) is 9.44. The van der Waals surface area contributed by atoms with Gasteiger partial charge in [-0.2, -0.15) is 0 Å². The topological polar surface area (TPSA) is 31.0 Å². The molecule has 0 spiro atoms. The number of ether oxygens (including phenoxy) is 3. The fourth-order valence-corrected chi connectivity index (χ4v) is 2.94. The van der Waals surface area contributed by atoms with E-state index < -0.39 is 19.5 Å². The van der Waals surface area contributed by atoms with Gasteiger partial charge in [0.05, 0.1) is 6.61 Å². The minimum absolute atomic E-state index is 0.225. The van der Waals surface area contributed by atoms with Crippen LogP contribution in [-0.2, 0) is 14.2 Å². The predicted octanol–water partition coefficient (Wildman–Crippen LogP) is 2.96. The molecule has 0 aromatic heterocycles. The van der Waals surface area contributed by atoms with Gasteiger partial charge in [0.1, 0.15) is 14.2 Å². The van der Waals surface area contributed by atoms with Gasteiger partial charge in [0.25, 0.3) is 0 Å². The van der Waals surface area contributed by atoms with Gasteiger partial charge >= 0.3 is 0 Å². The summed E-state index contributed by atoms with van der Waals surface area (Å²) in [5, 5.41) is 0.225. The molecule has 3 nitrogen and oxygen atoms in total. The first-order valence-corrected chi connectivity index (χ1v) is 10.4. The number of hydrogen-bond donors (Lipinski definition) is 0. The molecule has 0 aromatic rings. The second-order valence-electron chi connectivity index (χ2n) is 7.90. The molecule has 4 heteroatoms. The van der Waals surface area contributed by atoms with Gasteiger partial charge < -0.3 is 14.2 Å². The molecule has 0 amide bonds. The van der Waals surface area contributed by atoms with Crippen molar-refractivity contribution in [3.63, 3.8) is 0 Å². The Hall–Kier alpha value is -0.783. The number of terminal acetylenes is 1. The third-order valence-electron chi connectivity index (χ3n) is 4.75. The third-order valence-corrected chi connectivity index (χ3v) is 9.27. The lowest BCUT2D eigenvalue weighted by molar-refractivity contribution is -0.143. The Balaban J connectivity index is 2.12. The molecular weight excluding hydrogens is 280 g/mol. The molecule has 2 fully saturated rings. The van der Waals surface area contributed by atoms with Gasteiger partial charge in [-0.05, 0) is 18.9 Å². The lowest BCUT2D eigenvalue weighted by Gasteiger charge is -2.31. The standard InChI is InChI=1S/C17H26O3Si/c1-9-17(14-12-18-16(5,6)19-14)13(20-17)10-11-21(7,8)15(2,3)4/h1,13-14H,12H2,2-8H3/t13-,14-,17+/m1/s1. The molecule has 21 heavy (non-hydrogen) atoms. The average Bonchev–Trinajstić information content (AvgIpc) is 2.95. The lowest BCUT2D eigenvalue weighted by Crippen LogP contribution is -2.36. The fourth-order valence-electron chi connectivity index (χ4n) is 2.08. The van der Waals surface area contributed by atoms with Gasteiger partial charge in [0.15, 0.2) is 17.5 Å². The van der Waals surface area contributed by atoms with Crippen LogP contribution in [0.4, 0.5) is 0 Å². The Kier molecular flexibility index (Phi) is 3.84. The van der Waals surface area contributed by atoms with Crippen molar-refractivity contribution in [2.45, 2.75) is 76.3 Å². The van der Waals surface area contributed by atoms with Crippen molar-refractivity contribution in [3.05, 3.63) is 0 Å². The Morgan fingerprint density at radius 3 is 2.24 bits per heavy atom. The summed E-state index contributed by atoms with van der Waals surface area (Å²) in [6.07, 6.45) is 5.21. The van der Waals surface area contributed by atoms with Gasteiger partial charge in [0, 0.05) is 0 Å². The summed E-state index contributed by atoms with van der Waals surface area (Å²) in [4.78, 5) is 0. The van der Waals surface area contributed by atoms with E-state index in [0.717, 1.165) is 0 Å².